The first-order chi connectivity index (χ1) is 14.7. The van der Waals surface area contributed by atoms with Crippen LogP contribution in [0.2, 0.25) is 0 Å². The Labute approximate surface area is 182 Å². The van der Waals surface area contributed by atoms with Gasteiger partial charge in [-0.1, -0.05) is 12.5 Å². The van der Waals surface area contributed by atoms with Gasteiger partial charge in [-0.25, -0.2) is 22.3 Å². The molecule has 1 saturated carbocycles. The van der Waals surface area contributed by atoms with Crippen molar-refractivity contribution in [3.63, 3.8) is 0 Å². The van der Waals surface area contributed by atoms with Crippen LogP contribution in [0.1, 0.15) is 63.5 Å². The lowest BCUT2D eigenvalue weighted by Crippen LogP contribution is -2.30. The van der Waals surface area contributed by atoms with Crippen molar-refractivity contribution in [2.75, 3.05) is 18.8 Å². The van der Waals surface area contributed by atoms with E-state index in [2.05, 4.69) is 10.0 Å². The first kappa shape index (κ1) is 23.5. The standard InChI is InChI=1S/C21H30FN3O5S/c1-15(16-9-10-18(22)19(13-16)30-17-7-3-4-8-17)24-31(28,29)12-6-2-5-11-25-14-20(26)23-21(25)27/h9-10,13,15,17,24H,2-8,11-12,14H2,1H3,(H,23,26,27). The fourth-order valence-electron chi connectivity index (χ4n) is 3.90. The number of carbonyl (C=O) groups is 2. The number of carbonyl (C=O) groups excluding carboxylic acids is 2. The highest BCUT2D eigenvalue weighted by molar-refractivity contribution is 7.89. The fourth-order valence-corrected chi connectivity index (χ4v) is 5.27. The Morgan fingerprint density at radius 2 is 1.97 bits per heavy atom. The zero-order valence-corrected chi connectivity index (χ0v) is 18.5. The molecule has 1 aliphatic heterocycles. The van der Waals surface area contributed by atoms with Crippen molar-refractivity contribution < 1.29 is 27.1 Å². The van der Waals surface area contributed by atoms with Gasteiger partial charge in [0.25, 0.3) is 0 Å². The molecule has 1 saturated heterocycles. The highest BCUT2D eigenvalue weighted by Gasteiger charge is 2.26. The molecular formula is C21H30FN3O5S. The van der Waals surface area contributed by atoms with Gasteiger partial charge in [0.15, 0.2) is 11.6 Å². The minimum atomic E-state index is -3.52. The average Bonchev–Trinajstić information content (AvgIpc) is 3.32. The van der Waals surface area contributed by atoms with E-state index in [1.54, 1.807) is 19.1 Å². The van der Waals surface area contributed by atoms with Crippen LogP contribution >= 0.6 is 0 Å². The van der Waals surface area contributed by atoms with E-state index in [4.69, 9.17) is 4.74 Å². The number of halogens is 1. The minimum absolute atomic E-state index is 0.0153. The van der Waals surface area contributed by atoms with Gasteiger partial charge < -0.3 is 9.64 Å². The number of nitrogens with zero attached hydrogens (tertiary/aromatic N) is 1. The summed E-state index contributed by atoms with van der Waals surface area (Å²) in [6, 6.07) is 3.53. The normalized spacial score (nSPS) is 18.5. The third-order valence-corrected chi connectivity index (χ3v) is 7.16. The molecule has 10 heteroatoms. The molecule has 2 fully saturated rings. The van der Waals surface area contributed by atoms with E-state index in [0.29, 0.717) is 31.4 Å². The molecule has 172 valence electrons. The molecule has 1 aromatic rings. The van der Waals surface area contributed by atoms with Crippen LogP contribution in [0.5, 0.6) is 5.75 Å². The Balaban J connectivity index is 1.44. The monoisotopic (exact) mass is 455 g/mol. The zero-order chi connectivity index (χ0) is 22.4. The van der Waals surface area contributed by atoms with Gasteiger partial charge in [-0.05, 0) is 63.1 Å². The summed E-state index contributed by atoms with van der Waals surface area (Å²) < 4.78 is 47.4. The lowest BCUT2D eigenvalue weighted by atomic mass is 10.1. The molecule has 0 bridgehead atoms. The number of unbranched alkanes of at least 4 members (excludes halogenated alkanes) is 2. The molecule has 8 nitrogen and oxygen atoms in total. The van der Waals surface area contributed by atoms with Crippen LogP contribution in [0.25, 0.3) is 0 Å². The van der Waals surface area contributed by atoms with E-state index in [1.807, 2.05) is 0 Å². The number of sulfonamides is 1. The molecule has 0 spiro atoms. The topological polar surface area (TPSA) is 105 Å². The number of imide groups is 1. The van der Waals surface area contributed by atoms with E-state index in [-0.39, 0.29) is 30.1 Å². The lowest BCUT2D eigenvalue weighted by molar-refractivity contribution is -0.118. The molecule has 3 amide bonds. The summed E-state index contributed by atoms with van der Waals surface area (Å²) >= 11 is 0. The smallest absolute Gasteiger partial charge is 0.324 e. The summed E-state index contributed by atoms with van der Waals surface area (Å²) in [5.74, 6) is -0.642. The highest BCUT2D eigenvalue weighted by atomic mass is 32.2. The molecule has 1 aromatic carbocycles. The van der Waals surface area contributed by atoms with Crippen molar-refractivity contribution in [3.05, 3.63) is 29.6 Å². The third kappa shape index (κ3) is 6.90. The molecule has 0 aromatic heterocycles. The van der Waals surface area contributed by atoms with Gasteiger partial charge in [0.05, 0.1) is 11.9 Å². The van der Waals surface area contributed by atoms with Crippen LogP contribution in [0.15, 0.2) is 18.2 Å². The van der Waals surface area contributed by atoms with Crippen molar-refractivity contribution in [2.24, 2.45) is 0 Å². The molecule has 1 atom stereocenters. The van der Waals surface area contributed by atoms with Crippen molar-refractivity contribution in [2.45, 2.75) is 64.0 Å². The van der Waals surface area contributed by atoms with Crippen molar-refractivity contribution >= 4 is 22.0 Å². The van der Waals surface area contributed by atoms with Crippen molar-refractivity contribution in [3.8, 4) is 5.75 Å². The van der Waals surface area contributed by atoms with Gasteiger partial charge in [-0.2, -0.15) is 0 Å². The molecule has 3 rings (SSSR count). The molecule has 1 unspecified atom stereocenters. The Morgan fingerprint density at radius 1 is 1.23 bits per heavy atom. The summed E-state index contributed by atoms with van der Waals surface area (Å²) in [4.78, 5) is 24.0. The molecule has 2 N–H and O–H groups in total. The average molecular weight is 456 g/mol. The minimum Gasteiger partial charge on any atom is -0.487 e. The quantitative estimate of drug-likeness (QED) is 0.394. The Hall–Kier alpha value is -2.20. The van der Waals surface area contributed by atoms with E-state index in [0.717, 1.165) is 25.7 Å². The molecule has 2 aliphatic rings. The predicted octanol–water partition coefficient (Wildman–Crippen LogP) is 2.85. The van der Waals surface area contributed by atoms with Gasteiger partial charge in [0.2, 0.25) is 15.9 Å². The first-order valence-electron chi connectivity index (χ1n) is 10.8. The number of hydrogen-bond donors (Lipinski definition) is 2. The largest absolute Gasteiger partial charge is 0.487 e. The SMILES string of the molecule is CC(NS(=O)(=O)CCCCCN1CC(=O)NC1=O)c1ccc(F)c(OC2CCCC2)c1. The van der Waals surface area contributed by atoms with Gasteiger partial charge in [-0.3, -0.25) is 10.1 Å². The first-order valence-corrected chi connectivity index (χ1v) is 12.4. The maximum atomic E-state index is 14.1. The Kier molecular flexibility index (Phi) is 7.88. The lowest BCUT2D eigenvalue weighted by Gasteiger charge is -2.18. The van der Waals surface area contributed by atoms with E-state index < -0.39 is 27.9 Å². The van der Waals surface area contributed by atoms with Gasteiger partial charge >= 0.3 is 6.03 Å². The summed E-state index contributed by atoms with van der Waals surface area (Å²) in [5.41, 5.74) is 0.641. The second kappa shape index (κ2) is 10.4. The molecule has 31 heavy (non-hydrogen) atoms. The second-order valence-corrected chi connectivity index (χ2v) is 10.1. The maximum Gasteiger partial charge on any atom is 0.324 e. The predicted molar refractivity (Wildman–Crippen MR) is 114 cm³/mol. The molecule has 1 heterocycles. The van der Waals surface area contributed by atoms with E-state index >= 15 is 0 Å². The van der Waals surface area contributed by atoms with Gasteiger partial charge in [0, 0.05) is 12.6 Å². The second-order valence-electron chi connectivity index (χ2n) is 8.21. The summed E-state index contributed by atoms with van der Waals surface area (Å²) in [5, 5.41) is 2.21. The van der Waals surface area contributed by atoms with Crippen LogP contribution in [0.4, 0.5) is 9.18 Å². The number of urea groups is 1. The number of hydrogen-bond acceptors (Lipinski definition) is 5. The molecule has 0 radical (unpaired) electrons. The van der Waals surface area contributed by atoms with Crippen molar-refractivity contribution in [1.82, 2.24) is 14.9 Å². The zero-order valence-electron chi connectivity index (χ0n) is 17.7. The van der Waals surface area contributed by atoms with Crippen LogP contribution in [0.3, 0.4) is 0 Å². The van der Waals surface area contributed by atoms with E-state index in [9.17, 15) is 22.4 Å². The number of rotatable bonds is 11. The summed E-state index contributed by atoms with van der Waals surface area (Å²) in [6.45, 7) is 2.19. The van der Waals surface area contributed by atoms with Gasteiger partial charge in [-0.15, -0.1) is 0 Å². The molecular weight excluding hydrogens is 425 g/mol. The molecule has 1 aliphatic carbocycles. The van der Waals surface area contributed by atoms with Crippen LogP contribution in [-0.4, -0.2) is 50.2 Å². The van der Waals surface area contributed by atoms with Crippen LogP contribution in [-0.2, 0) is 14.8 Å². The number of nitrogens with one attached hydrogen (secondary N) is 2. The maximum absolute atomic E-state index is 14.1. The Morgan fingerprint density at radius 3 is 2.65 bits per heavy atom. The van der Waals surface area contributed by atoms with E-state index in [1.165, 1.54) is 11.0 Å². The van der Waals surface area contributed by atoms with Gasteiger partial charge in [0.1, 0.15) is 6.54 Å². The summed E-state index contributed by atoms with van der Waals surface area (Å²) in [6.07, 6.45) is 5.65. The number of ether oxygens (including phenoxy) is 1. The summed E-state index contributed by atoms with van der Waals surface area (Å²) in [7, 11) is -3.52. The van der Waals surface area contributed by atoms with Crippen LogP contribution < -0.4 is 14.8 Å². The Bertz CT molecular complexity index is 902. The fraction of sp³-hybridized carbons (Fsp3) is 0.619. The number of benzene rings is 1. The number of amides is 3. The van der Waals surface area contributed by atoms with Crippen molar-refractivity contribution in [1.29, 1.82) is 0 Å². The van der Waals surface area contributed by atoms with Crippen LogP contribution in [0, 0.1) is 5.82 Å². The highest BCUT2D eigenvalue weighted by Crippen LogP contribution is 2.28. The third-order valence-electron chi connectivity index (χ3n) is 5.62.